The van der Waals surface area contributed by atoms with Gasteiger partial charge in [0.2, 0.25) is 5.75 Å². The minimum atomic E-state index is -0.699. The van der Waals surface area contributed by atoms with E-state index in [0.717, 1.165) is 0 Å². The average molecular weight is 595 g/mol. The molecule has 0 aliphatic carbocycles. The first kappa shape index (κ1) is 31.2. The van der Waals surface area contributed by atoms with E-state index in [4.69, 9.17) is 14.0 Å². The number of nitrogens with one attached hydrogen (secondary N) is 1. The fraction of sp³-hybridized carbons (Fsp3) is 0.387. The van der Waals surface area contributed by atoms with Crippen LogP contribution in [0.1, 0.15) is 57.3 Å². The molecular formula is C31H34N2O10. The lowest BCUT2D eigenvalue weighted by atomic mass is 9.90. The molecule has 228 valence electrons. The predicted octanol–water partition coefficient (Wildman–Crippen LogP) is 3.67. The van der Waals surface area contributed by atoms with Crippen LogP contribution < -0.4 is 10.7 Å². The smallest absolute Gasteiger partial charge is 0.333 e. The third kappa shape index (κ3) is 7.58. The second-order valence-electron chi connectivity index (χ2n) is 12.1. The van der Waals surface area contributed by atoms with Crippen molar-refractivity contribution in [3.63, 3.8) is 0 Å². The van der Waals surface area contributed by atoms with Gasteiger partial charge in [0.1, 0.15) is 5.76 Å². The van der Waals surface area contributed by atoms with E-state index in [0.29, 0.717) is 16.2 Å². The topological polar surface area (TPSA) is 173 Å². The third-order valence-electron chi connectivity index (χ3n) is 6.82. The van der Waals surface area contributed by atoms with Gasteiger partial charge in [0.05, 0.1) is 25.0 Å². The molecule has 3 amide bonds. The molecule has 0 spiro atoms. The number of ether oxygens (including phenoxy) is 1. The summed E-state index contributed by atoms with van der Waals surface area (Å²) in [5, 5.41) is 23.4. The summed E-state index contributed by atoms with van der Waals surface area (Å²) >= 11 is 0. The SMILES string of the molecule is CC(C)(CNC(=O)c1ccc(-c2cc(=O)c3ccc(O)c(O)c3o2)cc1)COCC(C)(C)CC(=O)ON1C(=O)CCC1=O. The number of amides is 3. The Balaban J connectivity index is 1.28. The molecule has 12 nitrogen and oxygen atoms in total. The van der Waals surface area contributed by atoms with Crippen molar-refractivity contribution in [3.05, 3.63) is 58.3 Å². The molecule has 3 aromatic rings. The van der Waals surface area contributed by atoms with Crippen LogP contribution in [0.3, 0.4) is 0 Å². The number of rotatable bonds is 11. The number of hydrogen-bond acceptors (Lipinski definition) is 10. The van der Waals surface area contributed by atoms with Crippen molar-refractivity contribution >= 4 is 34.7 Å². The number of nitrogens with zero attached hydrogens (tertiary/aromatic N) is 1. The number of hydrogen-bond donors (Lipinski definition) is 3. The lowest BCUT2D eigenvalue weighted by molar-refractivity contribution is -0.199. The van der Waals surface area contributed by atoms with Crippen molar-refractivity contribution in [3.8, 4) is 22.8 Å². The van der Waals surface area contributed by atoms with Crippen LogP contribution in [-0.4, -0.2) is 58.7 Å². The highest BCUT2D eigenvalue weighted by molar-refractivity contribution is 6.01. The summed E-state index contributed by atoms with van der Waals surface area (Å²) in [6.45, 7) is 8.19. The van der Waals surface area contributed by atoms with E-state index < -0.39 is 45.5 Å². The standard InChI is InChI=1S/C31H34N2O10/c1-30(2,14-26(38)43-33-24(36)11-12-25(33)37)16-41-17-31(3,4)15-32-29(40)19-7-5-18(6-8-19)23-13-22(35)20-9-10-21(34)27(39)28(20)42-23/h5-10,13,34,39H,11-12,14-17H2,1-4H3,(H,32,40). The van der Waals surface area contributed by atoms with Crippen LogP contribution in [0.15, 0.2) is 51.7 Å². The number of aromatic hydroxyl groups is 2. The van der Waals surface area contributed by atoms with Crippen LogP contribution in [0.5, 0.6) is 11.5 Å². The summed E-state index contributed by atoms with van der Waals surface area (Å²) in [6.07, 6.45) is -0.0119. The van der Waals surface area contributed by atoms with Gasteiger partial charge in [-0.2, -0.15) is 0 Å². The normalized spacial score (nSPS) is 13.9. The molecule has 0 unspecified atom stereocenters. The number of hydroxylamine groups is 2. The van der Waals surface area contributed by atoms with Crippen LogP contribution in [-0.2, 0) is 24.0 Å². The average Bonchev–Trinajstić information content (AvgIpc) is 3.25. The van der Waals surface area contributed by atoms with Gasteiger partial charge in [-0.1, -0.05) is 39.8 Å². The molecular weight excluding hydrogens is 560 g/mol. The number of phenolic OH excluding ortho intramolecular Hbond substituents is 2. The maximum atomic E-state index is 12.8. The number of phenols is 2. The number of fused-ring (bicyclic) bond motifs is 1. The van der Waals surface area contributed by atoms with E-state index in [1.165, 1.54) is 18.2 Å². The van der Waals surface area contributed by atoms with E-state index in [-0.39, 0.29) is 61.7 Å². The summed E-state index contributed by atoms with van der Waals surface area (Å²) in [6, 6.07) is 10.2. The van der Waals surface area contributed by atoms with Crippen LogP contribution in [0.25, 0.3) is 22.3 Å². The highest BCUT2D eigenvalue weighted by Gasteiger charge is 2.34. The minimum absolute atomic E-state index is 0.0271. The van der Waals surface area contributed by atoms with Crippen molar-refractivity contribution < 1.29 is 43.4 Å². The maximum Gasteiger partial charge on any atom is 0.333 e. The van der Waals surface area contributed by atoms with Crippen molar-refractivity contribution in [2.45, 2.75) is 47.0 Å². The largest absolute Gasteiger partial charge is 0.504 e. The Bertz CT molecular complexity index is 1610. The monoisotopic (exact) mass is 594 g/mol. The quantitative estimate of drug-likeness (QED) is 0.220. The second-order valence-corrected chi connectivity index (χ2v) is 12.1. The van der Waals surface area contributed by atoms with Crippen molar-refractivity contribution in [2.24, 2.45) is 10.8 Å². The van der Waals surface area contributed by atoms with Crippen LogP contribution in [0, 0.1) is 10.8 Å². The van der Waals surface area contributed by atoms with Crippen molar-refractivity contribution in [1.29, 1.82) is 0 Å². The van der Waals surface area contributed by atoms with E-state index in [1.54, 1.807) is 38.1 Å². The van der Waals surface area contributed by atoms with Crippen molar-refractivity contribution in [2.75, 3.05) is 19.8 Å². The minimum Gasteiger partial charge on any atom is -0.504 e. The van der Waals surface area contributed by atoms with Gasteiger partial charge >= 0.3 is 5.97 Å². The molecule has 2 aromatic carbocycles. The van der Waals surface area contributed by atoms with Crippen molar-refractivity contribution in [1.82, 2.24) is 10.4 Å². The van der Waals surface area contributed by atoms with Gasteiger partial charge in [0.25, 0.3) is 17.7 Å². The summed E-state index contributed by atoms with van der Waals surface area (Å²) in [5.74, 6) is -2.86. The fourth-order valence-electron chi connectivity index (χ4n) is 4.43. The molecule has 0 atom stereocenters. The molecule has 2 heterocycles. The van der Waals surface area contributed by atoms with E-state index >= 15 is 0 Å². The molecule has 0 saturated carbocycles. The van der Waals surface area contributed by atoms with E-state index in [9.17, 15) is 34.2 Å². The van der Waals surface area contributed by atoms with Crippen LogP contribution in [0.4, 0.5) is 0 Å². The molecule has 4 rings (SSSR count). The first-order valence-corrected chi connectivity index (χ1v) is 13.7. The summed E-state index contributed by atoms with van der Waals surface area (Å²) < 4.78 is 11.5. The summed E-state index contributed by atoms with van der Waals surface area (Å²) in [5.41, 5.74) is -0.741. The molecule has 1 saturated heterocycles. The van der Waals surface area contributed by atoms with Gasteiger partial charge in [-0.3, -0.25) is 19.2 Å². The molecule has 0 radical (unpaired) electrons. The highest BCUT2D eigenvalue weighted by atomic mass is 16.7. The first-order chi connectivity index (χ1) is 20.2. The number of carbonyl (C=O) groups excluding carboxylic acids is 4. The number of carbonyl (C=O) groups is 4. The molecule has 1 aliphatic heterocycles. The van der Waals surface area contributed by atoms with Gasteiger partial charge in [-0.25, -0.2) is 4.79 Å². The van der Waals surface area contributed by atoms with Crippen LogP contribution >= 0.6 is 0 Å². The molecule has 0 bridgehead atoms. The first-order valence-electron chi connectivity index (χ1n) is 13.7. The molecule has 3 N–H and O–H groups in total. The van der Waals surface area contributed by atoms with Gasteiger partial charge in [0.15, 0.2) is 16.8 Å². The van der Waals surface area contributed by atoms with E-state index in [1.807, 2.05) is 13.8 Å². The fourth-order valence-corrected chi connectivity index (χ4v) is 4.43. The number of imide groups is 1. The molecule has 1 aromatic heterocycles. The molecule has 12 heteroatoms. The third-order valence-corrected chi connectivity index (χ3v) is 6.82. The summed E-state index contributed by atoms with van der Waals surface area (Å²) in [4.78, 5) is 65.8. The lowest BCUT2D eigenvalue weighted by Gasteiger charge is -2.29. The highest BCUT2D eigenvalue weighted by Crippen LogP contribution is 2.34. The van der Waals surface area contributed by atoms with Gasteiger partial charge in [0, 0.05) is 42.0 Å². The Labute approximate surface area is 247 Å². The van der Waals surface area contributed by atoms with E-state index in [2.05, 4.69) is 5.32 Å². The predicted molar refractivity (Wildman–Crippen MR) is 154 cm³/mol. The Morgan fingerprint density at radius 2 is 1.56 bits per heavy atom. The lowest BCUT2D eigenvalue weighted by Crippen LogP contribution is -2.38. The Kier molecular flexibility index (Phi) is 8.90. The zero-order valence-electron chi connectivity index (χ0n) is 24.4. The van der Waals surface area contributed by atoms with Gasteiger partial charge in [-0.15, -0.1) is 5.06 Å². The summed E-state index contributed by atoms with van der Waals surface area (Å²) in [7, 11) is 0. The zero-order chi connectivity index (χ0) is 31.5. The molecule has 1 aliphatic rings. The zero-order valence-corrected chi connectivity index (χ0v) is 24.4. The van der Waals surface area contributed by atoms with Gasteiger partial charge in [-0.05, 0) is 29.7 Å². The Morgan fingerprint density at radius 1 is 0.930 bits per heavy atom. The van der Waals surface area contributed by atoms with Gasteiger partial charge < -0.3 is 29.5 Å². The Hall–Kier alpha value is -4.71. The molecule has 43 heavy (non-hydrogen) atoms. The maximum absolute atomic E-state index is 12.8. The number of benzene rings is 2. The Morgan fingerprint density at radius 3 is 2.21 bits per heavy atom. The molecule has 1 fully saturated rings. The van der Waals surface area contributed by atoms with Crippen LogP contribution in [0.2, 0.25) is 0 Å². The second kappa shape index (κ2) is 12.3.